The number of rotatable bonds is 7. The Kier molecular flexibility index (Phi) is 7.05. The molecule has 1 aliphatic heterocycles. The second-order valence-corrected chi connectivity index (χ2v) is 6.79. The van der Waals surface area contributed by atoms with E-state index < -0.39 is 0 Å². The molecule has 154 valence electrons. The molecule has 7 heteroatoms. The third-order valence-electron chi connectivity index (χ3n) is 4.67. The van der Waals surface area contributed by atoms with Crippen LogP contribution in [0, 0.1) is 5.82 Å². The number of likely N-dealkylation sites (tertiary alicyclic amines) is 1. The molecule has 0 atom stereocenters. The summed E-state index contributed by atoms with van der Waals surface area (Å²) in [7, 11) is 0. The van der Waals surface area contributed by atoms with Gasteiger partial charge in [-0.1, -0.05) is 0 Å². The quantitative estimate of drug-likeness (QED) is 0.766. The van der Waals surface area contributed by atoms with E-state index >= 15 is 0 Å². The van der Waals surface area contributed by atoms with Crippen LogP contribution >= 0.6 is 0 Å². The van der Waals surface area contributed by atoms with Gasteiger partial charge in [0, 0.05) is 24.3 Å². The normalized spacial score (nSPS) is 13.7. The Balaban J connectivity index is 1.66. The predicted octanol–water partition coefficient (Wildman–Crippen LogP) is 3.87. The van der Waals surface area contributed by atoms with Crippen LogP contribution in [0.4, 0.5) is 10.1 Å². The molecule has 6 nitrogen and oxygen atoms in total. The van der Waals surface area contributed by atoms with Gasteiger partial charge in [0.25, 0.3) is 11.8 Å². The van der Waals surface area contributed by atoms with Crippen molar-refractivity contribution < 1.29 is 23.5 Å². The number of benzene rings is 2. The molecule has 29 heavy (non-hydrogen) atoms. The number of carbonyl (C=O) groups is 2. The van der Waals surface area contributed by atoms with Crippen molar-refractivity contribution in [2.24, 2.45) is 0 Å². The van der Waals surface area contributed by atoms with Crippen LogP contribution in [0.5, 0.6) is 11.5 Å². The van der Waals surface area contributed by atoms with E-state index in [4.69, 9.17) is 9.47 Å². The molecule has 0 spiro atoms. The van der Waals surface area contributed by atoms with Crippen molar-refractivity contribution >= 4 is 17.5 Å². The Morgan fingerprint density at radius 2 is 1.72 bits per heavy atom. The van der Waals surface area contributed by atoms with E-state index in [-0.39, 0.29) is 24.2 Å². The van der Waals surface area contributed by atoms with E-state index in [0.717, 1.165) is 32.4 Å². The van der Waals surface area contributed by atoms with E-state index in [1.165, 1.54) is 24.3 Å². The molecule has 2 aromatic rings. The highest BCUT2D eigenvalue weighted by molar-refractivity contribution is 6.04. The zero-order valence-corrected chi connectivity index (χ0v) is 16.4. The highest BCUT2D eigenvalue weighted by Crippen LogP contribution is 2.29. The highest BCUT2D eigenvalue weighted by atomic mass is 19.1. The van der Waals surface area contributed by atoms with Gasteiger partial charge in [0.15, 0.2) is 18.1 Å². The zero-order valence-electron chi connectivity index (χ0n) is 16.4. The fourth-order valence-corrected chi connectivity index (χ4v) is 3.15. The van der Waals surface area contributed by atoms with Crippen molar-refractivity contribution in [3.05, 3.63) is 53.8 Å². The minimum Gasteiger partial charge on any atom is -0.490 e. The summed E-state index contributed by atoms with van der Waals surface area (Å²) in [6, 6.07) is 10.3. The summed E-state index contributed by atoms with van der Waals surface area (Å²) in [6.45, 7) is 3.68. The summed E-state index contributed by atoms with van der Waals surface area (Å²) in [5.74, 6) is 0.0299. The van der Waals surface area contributed by atoms with Crippen molar-refractivity contribution in [3.8, 4) is 11.5 Å². The van der Waals surface area contributed by atoms with E-state index in [1.807, 2.05) is 11.8 Å². The molecule has 2 amide bonds. The lowest BCUT2D eigenvalue weighted by atomic mass is 10.1. The minimum atomic E-state index is -0.373. The van der Waals surface area contributed by atoms with Gasteiger partial charge in [-0.05, 0) is 68.7 Å². The summed E-state index contributed by atoms with van der Waals surface area (Å²) < 4.78 is 24.3. The maximum absolute atomic E-state index is 13.0. The SMILES string of the molecule is CCOc1cc(C(=O)Nc2ccc(F)cc2)ccc1OCC(=O)N1CCCCC1. The molecule has 1 heterocycles. The van der Waals surface area contributed by atoms with Gasteiger partial charge in [0.05, 0.1) is 6.61 Å². The van der Waals surface area contributed by atoms with E-state index in [1.54, 1.807) is 18.2 Å². The van der Waals surface area contributed by atoms with Crippen LogP contribution in [0.3, 0.4) is 0 Å². The first-order valence-corrected chi connectivity index (χ1v) is 9.81. The molecule has 0 aliphatic carbocycles. The van der Waals surface area contributed by atoms with Crippen LogP contribution in [0.15, 0.2) is 42.5 Å². The molecule has 2 aromatic carbocycles. The first kappa shape index (κ1) is 20.6. The lowest BCUT2D eigenvalue weighted by Gasteiger charge is -2.26. The number of ether oxygens (including phenoxy) is 2. The smallest absolute Gasteiger partial charge is 0.260 e. The number of nitrogens with zero attached hydrogens (tertiary/aromatic N) is 1. The summed E-state index contributed by atoms with van der Waals surface area (Å²) in [5.41, 5.74) is 0.856. The fraction of sp³-hybridized carbons (Fsp3) is 0.364. The molecule has 1 saturated heterocycles. The summed E-state index contributed by atoms with van der Waals surface area (Å²) in [6.07, 6.45) is 3.20. The monoisotopic (exact) mass is 400 g/mol. The average Bonchev–Trinajstić information content (AvgIpc) is 2.75. The molecule has 0 unspecified atom stereocenters. The third-order valence-corrected chi connectivity index (χ3v) is 4.67. The Morgan fingerprint density at radius 1 is 1.00 bits per heavy atom. The number of piperidine rings is 1. The molecule has 0 bridgehead atoms. The zero-order chi connectivity index (χ0) is 20.6. The molecular formula is C22H25FN2O4. The predicted molar refractivity (Wildman–Crippen MR) is 108 cm³/mol. The van der Waals surface area contributed by atoms with Crippen molar-refractivity contribution in [1.29, 1.82) is 0 Å². The van der Waals surface area contributed by atoms with Crippen LogP contribution in [0.25, 0.3) is 0 Å². The van der Waals surface area contributed by atoms with Gasteiger partial charge in [-0.15, -0.1) is 0 Å². The first-order chi connectivity index (χ1) is 14.1. The van der Waals surface area contributed by atoms with Crippen LogP contribution in [-0.4, -0.2) is 43.0 Å². The first-order valence-electron chi connectivity index (χ1n) is 9.81. The van der Waals surface area contributed by atoms with Gasteiger partial charge >= 0.3 is 0 Å². The molecule has 0 saturated carbocycles. The summed E-state index contributed by atoms with van der Waals surface area (Å²) >= 11 is 0. The van der Waals surface area contributed by atoms with Crippen LogP contribution < -0.4 is 14.8 Å². The van der Waals surface area contributed by atoms with Crippen molar-refractivity contribution in [2.45, 2.75) is 26.2 Å². The van der Waals surface area contributed by atoms with Gasteiger partial charge in [0.2, 0.25) is 0 Å². The number of halogens is 1. The summed E-state index contributed by atoms with van der Waals surface area (Å²) in [5, 5.41) is 2.70. The second kappa shape index (κ2) is 9.91. The van der Waals surface area contributed by atoms with Crippen molar-refractivity contribution in [1.82, 2.24) is 4.90 Å². The molecule has 3 rings (SSSR count). The van der Waals surface area contributed by atoms with Gasteiger partial charge in [-0.25, -0.2) is 4.39 Å². The number of hydrogen-bond donors (Lipinski definition) is 1. The molecular weight excluding hydrogens is 375 g/mol. The summed E-state index contributed by atoms with van der Waals surface area (Å²) in [4.78, 5) is 26.6. The Labute approximate surface area is 169 Å². The Bertz CT molecular complexity index is 848. The van der Waals surface area contributed by atoms with Gasteiger partial charge < -0.3 is 19.7 Å². The second-order valence-electron chi connectivity index (χ2n) is 6.79. The van der Waals surface area contributed by atoms with Crippen LogP contribution in [0.2, 0.25) is 0 Å². The van der Waals surface area contributed by atoms with Gasteiger partial charge in [0.1, 0.15) is 5.82 Å². The standard InChI is InChI=1S/C22H25FN2O4/c1-2-28-20-14-16(22(27)24-18-9-7-17(23)8-10-18)6-11-19(20)29-15-21(26)25-12-4-3-5-13-25/h6-11,14H,2-5,12-13,15H2,1H3,(H,24,27). The highest BCUT2D eigenvalue weighted by Gasteiger charge is 2.18. The lowest BCUT2D eigenvalue weighted by Crippen LogP contribution is -2.38. The van der Waals surface area contributed by atoms with Crippen LogP contribution in [0.1, 0.15) is 36.5 Å². The number of carbonyl (C=O) groups excluding carboxylic acids is 2. The van der Waals surface area contributed by atoms with E-state index in [0.29, 0.717) is 29.4 Å². The molecule has 1 aliphatic rings. The molecule has 1 fully saturated rings. The third kappa shape index (κ3) is 5.70. The van der Waals surface area contributed by atoms with Crippen molar-refractivity contribution in [2.75, 3.05) is 31.6 Å². The number of nitrogens with one attached hydrogen (secondary N) is 1. The van der Waals surface area contributed by atoms with Gasteiger partial charge in [-0.3, -0.25) is 9.59 Å². The lowest BCUT2D eigenvalue weighted by molar-refractivity contribution is -0.134. The Morgan fingerprint density at radius 3 is 2.41 bits per heavy atom. The van der Waals surface area contributed by atoms with Crippen molar-refractivity contribution in [3.63, 3.8) is 0 Å². The maximum atomic E-state index is 13.0. The van der Waals surface area contributed by atoms with E-state index in [9.17, 15) is 14.0 Å². The average molecular weight is 400 g/mol. The number of hydrogen-bond acceptors (Lipinski definition) is 4. The fourth-order valence-electron chi connectivity index (χ4n) is 3.15. The number of anilines is 1. The Hall–Kier alpha value is -3.09. The number of amides is 2. The van der Waals surface area contributed by atoms with Gasteiger partial charge in [-0.2, -0.15) is 0 Å². The topological polar surface area (TPSA) is 67.9 Å². The van der Waals surface area contributed by atoms with Crippen LogP contribution in [-0.2, 0) is 4.79 Å². The largest absolute Gasteiger partial charge is 0.490 e. The minimum absolute atomic E-state index is 0.0507. The molecule has 1 N–H and O–H groups in total. The van der Waals surface area contributed by atoms with E-state index in [2.05, 4.69) is 5.32 Å². The molecule has 0 radical (unpaired) electrons. The molecule has 0 aromatic heterocycles. The maximum Gasteiger partial charge on any atom is 0.260 e.